The maximum atomic E-state index is 12.0. The summed E-state index contributed by atoms with van der Waals surface area (Å²) in [4.78, 5) is 12.0. The van der Waals surface area contributed by atoms with E-state index in [-0.39, 0.29) is 5.91 Å². The van der Waals surface area contributed by atoms with Crippen LogP contribution in [0.2, 0.25) is 0 Å². The summed E-state index contributed by atoms with van der Waals surface area (Å²) in [5.74, 6) is -0.175. The molecule has 90 valence electrons. The van der Waals surface area contributed by atoms with Crippen molar-refractivity contribution < 1.29 is 4.79 Å². The highest BCUT2D eigenvalue weighted by Gasteiger charge is 2.08. The maximum Gasteiger partial charge on any atom is 0.255 e. The zero-order valence-electron chi connectivity index (χ0n) is 9.64. The summed E-state index contributed by atoms with van der Waals surface area (Å²) in [6.07, 6.45) is 0. The fourth-order valence-corrected chi connectivity index (χ4v) is 1.74. The molecule has 1 N–H and O–H groups in total. The molecule has 0 aromatic heterocycles. The molecule has 0 atom stereocenters. The van der Waals surface area contributed by atoms with Gasteiger partial charge in [0.15, 0.2) is 0 Å². The van der Waals surface area contributed by atoms with E-state index < -0.39 is 0 Å². The first-order chi connectivity index (χ1) is 8.81. The van der Waals surface area contributed by atoms with Gasteiger partial charge in [-0.15, -0.1) is 0 Å². The van der Waals surface area contributed by atoms with E-state index in [1.807, 2.05) is 48.5 Å². The maximum absolute atomic E-state index is 12.0. The van der Waals surface area contributed by atoms with Gasteiger partial charge in [0.1, 0.15) is 0 Å². The van der Waals surface area contributed by atoms with Crippen LogP contribution in [0.25, 0.3) is 5.70 Å². The van der Waals surface area contributed by atoms with Gasteiger partial charge in [-0.2, -0.15) is 0 Å². The largest absolute Gasteiger partial charge is 0.321 e. The van der Waals surface area contributed by atoms with E-state index in [0.29, 0.717) is 11.3 Å². The van der Waals surface area contributed by atoms with Crippen molar-refractivity contribution in [3.63, 3.8) is 0 Å². The number of carbonyl (C=O) groups is 1. The second kappa shape index (κ2) is 6.03. The predicted octanol–water partition coefficient (Wildman–Crippen LogP) is 3.65. The summed E-state index contributed by atoms with van der Waals surface area (Å²) < 4.78 is 0. The van der Waals surface area contributed by atoms with Gasteiger partial charge < -0.3 is 5.32 Å². The lowest BCUT2D eigenvalue weighted by atomic mass is 10.1. The summed E-state index contributed by atoms with van der Waals surface area (Å²) >= 11 is 5.76. The van der Waals surface area contributed by atoms with Gasteiger partial charge in [0.2, 0.25) is 0 Å². The van der Waals surface area contributed by atoms with E-state index in [1.54, 1.807) is 12.1 Å². The molecular formula is C15H12ClNO. The molecule has 2 aromatic carbocycles. The first-order valence-electron chi connectivity index (χ1n) is 5.53. The molecule has 0 aliphatic rings. The van der Waals surface area contributed by atoms with Gasteiger partial charge in [-0.3, -0.25) is 4.79 Å². The zero-order valence-corrected chi connectivity index (χ0v) is 10.4. The Bertz CT molecular complexity index is 549. The topological polar surface area (TPSA) is 29.1 Å². The minimum absolute atomic E-state index is 0.175. The van der Waals surface area contributed by atoms with Gasteiger partial charge in [0.05, 0.1) is 5.70 Å². The van der Waals surface area contributed by atoms with Crippen molar-refractivity contribution in [2.75, 3.05) is 0 Å². The molecule has 0 spiro atoms. The number of hydrogen-bond acceptors (Lipinski definition) is 1. The van der Waals surface area contributed by atoms with Gasteiger partial charge in [-0.05, 0) is 17.7 Å². The van der Waals surface area contributed by atoms with Crippen molar-refractivity contribution in [1.29, 1.82) is 0 Å². The van der Waals surface area contributed by atoms with Crippen LogP contribution in [0.5, 0.6) is 0 Å². The fourth-order valence-electron chi connectivity index (χ4n) is 1.56. The molecule has 0 bridgehead atoms. The monoisotopic (exact) mass is 257 g/mol. The Kier molecular flexibility index (Phi) is 4.15. The Morgan fingerprint density at radius 3 is 1.89 bits per heavy atom. The van der Waals surface area contributed by atoms with E-state index in [9.17, 15) is 4.79 Å². The molecule has 0 saturated heterocycles. The van der Waals surface area contributed by atoms with Crippen molar-refractivity contribution in [1.82, 2.24) is 5.32 Å². The van der Waals surface area contributed by atoms with Crippen LogP contribution in [0.4, 0.5) is 0 Å². The molecule has 1 amide bonds. The smallest absolute Gasteiger partial charge is 0.255 e. The molecule has 0 fully saturated rings. The molecule has 18 heavy (non-hydrogen) atoms. The normalized spacial score (nSPS) is 11.1. The van der Waals surface area contributed by atoms with Crippen LogP contribution in [0.1, 0.15) is 15.9 Å². The van der Waals surface area contributed by atoms with Crippen LogP contribution in [-0.2, 0) is 0 Å². The second-order valence-corrected chi connectivity index (χ2v) is 3.93. The number of halogens is 1. The minimum Gasteiger partial charge on any atom is -0.321 e. The molecule has 3 heteroatoms. The zero-order chi connectivity index (χ0) is 12.8. The highest BCUT2D eigenvalue weighted by Crippen LogP contribution is 2.13. The molecule has 2 nitrogen and oxygen atoms in total. The molecule has 2 rings (SSSR count). The Balaban J connectivity index is 2.16. The lowest BCUT2D eigenvalue weighted by Gasteiger charge is -2.09. The Morgan fingerprint density at radius 2 is 1.39 bits per heavy atom. The van der Waals surface area contributed by atoms with Crippen LogP contribution in [-0.4, -0.2) is 5.91 Å². The summed E-state index contributed by atoms with van der Waals surface area (Å²) in [7, 11) is 0. The van der Waals surface area contributed by atoms with Crippen LogP contribution in [0.3, 0.4) is 0 Å². The Labute approximate surface area is 111 Å². The standard InChI is InChI=1S/C15H12ClNO/c16-11-14(12-7-3-1-4-8-12)17-15(18)13-9-5-2-6-10-13/h1-11H,(H,17,18)/b14-11-. The first kappa shape index (κ1) is 12.4. The van der Waals surface area contributed by atoms with E-state index in [2.05, 4.69) is 5.32 Å². The quantitative estimate of drug-likeness (QED) is 0.893. The van der Waals surface area contributed by atoms with Crippen LogP contribution in [0, 0.1) is 0 Å². The third-order valence-electron chi connectivity index (χ3n) is 2.48. The molecule has 0 aliphatic heterocycles. The first-order valence-corrected chi connectivity index (χ1v) is 5.97. The fraction of sp³-hybridized carbons (Fsp3) is 0. The van der Waals surface area contributed by atoms with Crippen molar-refractivity contribution in [3.05, 3.63) is 77.3 Å². The Morgan fingerprint density at radius 1 is 0.889 bits per heavy atom. The van der Waals surface area contributed by atoms with E-state index >= 15 is 0 Å². The lowest BCUT2D eigenvalue weighted by Crippen LogP contribution is -2.21. The number of carbonyl (C=O) groups excluding carboxylic acids is 1. The predicted molar refractivity (Wildman–Crippen MR) is 74.2 cm³/mol. The summed E-state index contributed by atoms with van der Waals surface area (Å²) in [5, 5.41) is 2.79. The second-order valence-electron chi connectivity index (χ2n) is 3.71. The lowest BCUT2D eigenvalue weighted by molar-refractivity contribution is 0.0974. The third-order valence-corrected chi connectivity index (χ3v) is 2.70. The Hall–Kier alpha value is -2.06. The van der Waals surface area contributed by atoms with Gasteiger partial charge >= 0.3 is 0 Å². The van der Waals surface area contributed by atoms with E-state index in [0.717, 1.165) is 5.56 Å². The molecular weight excluding hydrogens is 246 g/mol. The summed E-state index contributed by atoms with van der Waals surface area (Å²) in [6, 6.07) is 18.5. The summed E-state index contributed by atoms with van der Waals surface area (Å²) in [5.41, 5.74) is 3.43. The van der Waals surface area contributed by atoms with Crippen LogP contribution >= 0.6 is 11.6 Å². The van der Waals surface area contributed by atoms with Crippen molar-refractivity contribution in [2.24, 2.45) is 0 Å². The average Bonchev–Trinajstić information content (AvgIpc) is 2.46. The minimum atomic E-state index is -0.175. The number of amides is 1. The molecule has 0 radical (unpaired) electrons. The molecule has 0 heterocycles. The highest BCUT2D eigenvalue weighted by molar-refractivity contribution is 6.28. The third kappa shape index (κ3) is 2.99. The SMILES string of the molecule is O=C(N/C(=C\Cl)c1ccccc1)c1ccccc1. The summed E-state index contributed by atoms with van der Waals surface area (Å²) in [6.45, 7) is 0. The van der Waals surface area contributed by atoms with Crippen LogP contribution < -0.4 is 5.32 Å². The molecule has 0 aliphatic carbocycles. The number of hydrogen-bond donors (Lipinski definition) is 1. The van der Waals surface area contributed by atoms with Crippen LogP contribution in [0.15, 0.2) is 66.2 Å². The van der Waals surface area contributed by atoms with Gasteiger partial charge in [-0.1, -0.05) is 60.1 Å². The van der Waals surface area contributed by atoms with Crippen molar-refractivity contribution in [3.8, 4) is 0 Å². The van der Waals surface area contributed by atoms with Gasteiger partial charge in [-0.25, -0.2) is 0 Å². The number of benzene rings is 2. The number of rotatable bonds is 3. The van der Waals surface area contributed by atoms with Crippen molar-refractivity contribution in [2.45, 2.75) is 0 Å². The van der Waals surface area contributed by atoms with Crippen molar-refractivity contribution >= 4 is 23.2 Å². The van der Waals surface area contributed by atoms with E-state index in [1.165, 1.54) is 5.54 Å². The van der Waals surface area contributed by atoms with Gasteiger partial charge in [0, 0.05) is 11.1 Å². The van der Waals surface area contributed by atoms with Gasteiger partial charge in [0.25, 0.3) is 5.91 Å². The highest BCUT2D eigenvalue weighted by atomic mass is 35.5. The molecule has 0 unspecified atom stereocenters. The molecule has 0 saturated carbocycles. The number of nitrogens with one attached hydrogen (secondary N) is 1. The average molecular weight is 258 g/mol. The molecule has 2 aromatic rings. The van der Waals surface area contributed by atoms with E-state index in [4.69, 9.17) is 11.6 Å².